The van der Waals surface area contributed by atoms with Crippen LogP contribution in [0.4, 0.5) is 5.82 Å². The Morgan fingerprint density at radius 3 is 1.58 bits per heavy atom. The summed E-state index contributed by atoms with van der Waals surface area (Å²) in [6, 6.07) is 0. The summed E-state index contributed by atoms with van der Waals surface area (Å²) in [6.45, 7) is 13.3. The summed E-state index contributed by atoms with van der Waals surface area (Å²) in [7, 11) is 0. The molecule has 0 aliphatic carbocycles. The molecule has 0 fully saturated rings. The van der Waals surface area contributed by atoms with Gasteiger partial charge in [0, 0.05) is 0 Å². The molecule has 0 amide bonds. The second-order valence-corrected chi connectivity index (χ2v) is 20.1. The Morgan fingerprint density at radius 1 is 0.750 bits per heavy atom. The van der Waals surface area contributed by atoms with E-state index in [1.807, 2.05) is 0 Å². The molecule has 3 nitrogen and oxygen atoms in total. The fourth-order valence-electron chi connectivity index (χ4n) is 3.61. The Labute approximate surface area is 154 Å². The zero-order chi connectivity index (χ0) is 17.8. The van der Waals surface area contributed by atoms with E-state index < -0.39 is 18.4 Å². The molecule has 4 heteroatoms. The maximum atomic E-state index is 5.02. The van der Waals surface area contributed by atoms with Crippen LogP contribution in [0.3, 0.4) is 0 Å². The van der Waals surface area contributed by atoms with Crippen LogP contribution in [-0.2, 0) is 0 Å². The number of nitrogens with zero attached hydrogens (tertiary/aromatic N) is 3. The first-order valence-electron chi connectivity index (χ1n) is 10.2. The van der Waals surface area contributed by atoms with Crippen LogP contribution in [0, 0.1) is 0 Å². The van der Waals surface area contributed by atoms with Crippen LogP contribution in [0.15, 0.2) is 12.4 Å². The monoisotopic (exact) mass is 441 g/mol. The van der Waals surface area contributed by atoms with E-state index >= 15 is 0 Å². The van der Waals surface area contributed by atoms with Crippen molar-refractivity contribution in [1.29, 1.82) is 0 Å². The Bertz CT molecular complexity index is 407. The predicted molar refractivity (Wildman–Crippen MR) is 110 cm³/mol. The van der Waals surface area contributed by atoms with Crippen molar-refractivity contribution in [2.24, 2.45) is 0 Å². The first-order chi connectivity index (χ1) is 11.7. The molecule has 1 aromatic heterocycles. The molecule has 0 bridgehead atoms. The fraction of sp³-hybridized carbons (Fsp3) is 0.800. The van der Waals surface area contributed by atoms with E-state index in [1.54, 1.807) is 0 Å². The third kappa shape index (κ3) is 6.20. The summed E-state index contributed by atoms with van der Waals surface area (Å²) in [5, 5.41) is 0. The van der Waals surface area contributed by atoms with Crippen LogP contribution >= 0.6 is 0 Å². The van der Waals surface area contributed by atoms with Gasteiger partial charge in [-0.3, -0.25) is 0 Å². The quantitative estimate of drug-likeness (QED) is 0.386. The van der Waals surface area contributed by atoms with E-state index in [9.17, 15) is 0 Å². The molecule has 0 spiro atoms. The average molecular weight is 440 g/mol. The van der Waals surface area contributed by atoms with Crippen molar-refractivity contribution in [1.82, 2.24) is 9.97 Å². The summed E-state index contributed by atoms with van der Waals surface area (Å²) < 4.78 is 5.83. The first-order valence-corrected chi connectivity index (χ1v) is 17.7. The van der Waals surface area contributed by atoms with Gasteiger partial charge in [0.05, 0.1) is 0 Å². The second kappa shape index (κ2) is 12.1. The molecule has 138 valence electrons. The standard InChI is InChI=1S/C8H12N3.3C4H9.Sn/c1-3-11(4-2)8-7-9-5-6-10-8;3*1-3-4-2;/h6-7H,3-4H2,1-2H3;3*1,3-4H2,2H3;. The van der Waals surface area contributed by atoms with E-state index in [0.29, 0.717) is 0 Å². The van der Waals surface area contributed by atoms with Gasteiger partial charge in [0.2, 0.25) is 0 Å². The molecule has 1 heterocycles. The maximum absolute atomic E-state index is 5.02. The van der Waals surface area contributed by atoms with Crippen molar-refractivity contribution < 1.29 is 0 Å². The Hall–Kier alpha value is -0.321. The zero-order valence-electron chi connectivity index (χ0n) is 16.8. The topological polar surface area (TPSA) is 29.0 Å². The van der Waals surface area contributed by atoms with Gasteiger partial charge in [0.25, 0.3) is 0 Å². The van der Waals surface area contributed by atoms with Crippen LogP contribution in [0.2, 0.25) is 13.3 Å². The van der Waals surface area contributed by atoms with Crippen molar-refractivity contribution in [3.8, 4) is 0 Å². The van der Waals surface area contributed by atoms with Gasteiger partial charge in [-0.15, -0.1) is 0 Å². The normalized spacial score (nSPS) is 11.7. The van der Waals surface area contributed by atoms with Crippen LogP contribution in [0.25, 0.3) is 0 Å². The van der Waals surface area contributed by atoms with E-state index in [2.05, 4.69) is 51.9 Å². The molecular weight excluding hydrogens is 401 g/mol. The third-order valence-corrected chi connectivity index (χ3v) is 20.4. The van der Waals surface area contributed by atoms with Gasteiger partial charge in [-0.25, -0.2) is 0 Å². The molecule has 0 unspecified atom stereocenters. The number of hydrogen-bond acceptors (Lipinski definition) is 3. The van der Waals surface area contributed by atoms with Gasteiger partial charge in [-0.1, -0.05) is 0 Å². The summed E-state index contributed by atoms with van der Waals surface area (Å²) in [5.41, 5.74) is 0. The molecule has 0 saturated carbocycles. The summed E-state index contributed by atoms with van der Waals surface area (Å²) in [6.07, 6.45) is 12.3. The molecule has 0 saturated heterocycles. The summed E-state index contributed by atoms with van der Waals surface area (Å²) in [5.74, 6) is 1.05. The number of aromatic nitrogens is 2. The number of anilines is 1. The molecule has 0 aliphatic rings. The van der Waals surface area contributed by atoms with E-state index in [4.69, 9.17) is 9.97 Å². The molecule has 0 aromatic carbocycles. The fourth-order valence-corrected chi connectivity index (χ4v) is 18.7. The predicted octanol–water partition coefficient (Wildman–Crippen LogP) is 5.38. The van der Waals surface area contributed by atoms with Crippen LogP contribution < -0.4 is 8.61 Å². The molecule has 0 aliphatic heterocycles. The number of rotatable bonds is 13. The Morgan fingerprint density at radius 2 is 1.25 bits per heavy atom. The minimum atomic E-state index is -2.39. The molecule has 0 atom stereocenters. The van der Waals surface area contributed by atoms with Crippen molar-refractivity contribution in [2.75, 3.05) is 18.0 Å². The van der Waals surface area contributed by atoms with Crippen molar-refractivity contribution >= 4 is 27.9 Å². The molecule has 24 heavy (non-hydrogen) atoms. The van der Waals surface area contributed by atoms with Crippen molar-refractivity contribution in [2.45, 2.75) is 86.5 Å². The summed E-state index contributed by atoms with van der Waals surface area (Å²) >= 11 is -2.39. The summed E-state index contributed by atoms with van der Waals surface area (Å²) in [4.78, 5) is 12.1. The molecule has 0 N–H and O–H groups in total. The SMILES string of the molecule is CCC[CH2][Sn]([CH2]CCC)([CH2]CCC)[c]1cnc(N(CC)CC)cn1. The van der Waals surface area contributed by atoms with Gasteiger partial charge in [-0.05, 0) is 0 Å². The Kier molecular flexibility index (Phi) is 11.0. The average Bonchev–Trinajstić information content (AvgIpc) is 2.63. The second-order valence-electron chi connectivity index (χ2n) is 7.02. The first kappa shape index (κ1) is 21.7. The molecule has 0 radical (unpaired) electrons. The van der Waals surface area contributed by atoms with Gasteiger partial charge in [-0.2, -0.15) is 0 Å². The van der Waals surface area contributed by atoms with E-state index in [0.717, 1.165) is 18.9 Å². The van der Waals surface area contributed by atoms with Crippen LogP contribution in [0.1, 0.15) is 73.1 Å². The molecule has 1 aromatic rings. The number of unbranched alkanes of at least 4 members (excludes halogenated alkanes) is 3. The van der Waals surface area contributed by atoms with Crippen molar-refractivity contribution in [3.63, 3.8) is 0 Å². The van der Waals surface area contributed by atoms with Crippen molar-refractivity contribution in [3.05, 3.63) is 12.4 Å². The zero-order valence-corrected chi connectivity index (χ0v) is 19.6. The van der Waals surface area contributed by atoms with E-state index in [-0.39, 0.29) is 0 Å². The Balaban J connectivity index is 3.09. The van der Waals surface area contributed by atoms with Gasteiger partial charge in [0.1, 0.15) is 0 Å². The van der Waals surface area contributed by atoms with Gasteiger partial charge in [0.15, 0.2) is 0 Å². The molecule has 1 rings (SSSR count). The van der Waals surface area contributed by atoms with Crippen LogP contribution in [0.5, 0.6) is 0 Å². The number of hydrogen-bond donors (Lipinski definition) is 0. The van der Waals surface area contributed by atoms with Crippen LogP contribution in [-0.4, -0.2) is 41.4 Å². The van der Waals surface area contributed by atoms with E-state index in [1.165, 1.54) is 55.5 Å². The van der Waals surface area contributed by atoms with Gasteiger partial charge < -0.3 is 0 Å². The third-order valence-electron chi connectivity index (χ3n) is 5.30. The van der Waals surface area contributed by atoms with Gasteiger partial charge >= 0.3 is 155 Å². The minimum absolute atomic E-state index is 1.00. The molecular formula is C20H39N3Sn.